The molecule has 0 fully saturated rings. The molecule has 0 radical (unpaired) electrons. The van der Waals surface area contributed by atoms with Crippen LogP contribution < -0.4 is 10.0 Å². The Morgan fingerprint density at radius 2 is 1.77 bits per heavy atom. The number of Topliss-reactive ketones (excluding diaryl/α,β-unsaturated/α-hetero) is 1. The van der Waals surface area contributed by atoms with Crippen molar-refractivity contribution in [1.82, 2.24) is 24.8 Å². The highest BCUT2D eigenvalue weighted by atomic mass is 32.2. The summed E-state index contributed by atoms with van der Waals surface area (Å²) in [5, 5.41) is 2.40. The number of alkyl carbamates (subject to hydrolysis) is 1. The molecule has 1 aromatic carbocycles. The molecule has 1 aliphatic heterocycles. The van der Waals surface area contributed by atoms with E-state index in [9.17, 15) is 31.2 Å². The lowest BCUT2D eigenvalue weighted by Crippen LogP contribution is -2.48. The van der Waals surface area contributed by atoms with Gasteiger partial charge in [0.05, 0.1) is 37.1 Å². The Balaban J connectivity index is 1.67. The molecule has 2 heterocycles. The second-order valence-electron chi connectivity index (χ2n) is 11.8. The number of alkyl halides is 3. The first-order valence-corrected chi connectivity index (χ1v) is 15.7. The summed E-state index contributed by atoms with van der Waals surface area (Å²) in [5.74, 6) is -0.521. The van der Waals surface area contributed by atoms with Gasteiger partial charge in [-0.2, -0.15) is 13.2 Å². The third-order valence-corrected chi connectivity index (χ3v) is 8.43. The van der Waals surface area contributed by atoms with Gasteiger partial charge >= 0.3 is 12.3 Å². The fraction of sp³-hybridized carbons (Fsp3) is 0.500. The van der Waals surface area contributed by atoms with Gasteiger partial charge in [-0.15, -0.1) is 0 Å². The zero-order valence-electron chi connectivity index (χ0n) is 25.5. The standard InChI is InChI=1S/C30H40F3N5O5S/c1-6-7-10-23(25(39)17-35-44(41,42)27-11-8-9-16-34-27)36-28(40)43-26(29(2,3)4)19-38-18-24(37(5)20-38)21-12-14-22(15-13-21)30(31,32)33/h8-9,11-16,18,23,26,35H,6-7,10,17,19-20H2,1-5H3,(H,36,40)/t23-,26+/m0/s1. The van der Waals surface area contributed by atoms with Gasteiger partial charge in [0, 0.05) is 24.9 Å². The Bertz CT molecular complexity index is 1410. The molecule has 2 N–H and O–H groups in total. The summed E-state index contributed by atoms with van der Waals surface area (Å²) in [6.45, 7) is 7.80. The van der Waals surface area contributed by atoms with Crippen LogP contribution in [0.4, 0.5) is 18.0 Å². The number of halogens is 3. The van der Waals surface area contributed by atoms with Gasteiger partial charge in [-0.3, -0.25) is 4.79 Å². The Hall–Kier alpha value is -3.65. The van der Waals surface area contributed by atoms with E-state index < -0.39 is 57.7 Å². The molecule has 3 rings (SSSR count). The first-order chi connectivity index (χ1) is 20.5. The number of pyridine rings is 1. The van der Waals surface area contributed by atoms with Gasteiger partial charge in [-0.1, -0.05) is 58.7 Å². The molecule has 2 aromatic rings. The zero-order chi connectivity index (χ0) is 32.7. The fourth-order valence-corrected chi connectivity index (χ4v) is 5.43. The monoisotopic (exact) mass is 639 g/mol. The van der Waals surface area contributed by atoms with Crippen LogP contribution in [0.5, 0.6) is 0 Å². The first kappa shape index (κ1) is 34.8. The number of hydrogen-bond acceptors (Lipinski definition) is 8. The van der Waals surface area contributed by atoms with Crippen molar-refractivity contribution in [3.8, 4) is 0 Å². The summed E-state index contributed by atoms with van der Waals surface area (Å²) in [4.78, 5) is 33.7. The van der Waals surface area contributed by atoms with E-state index in [0.717, 1.165) is 18.6 Å². The highest BCUT2D eigenvalue weighted by Crippen LogP contribution is 2.32. The topological polar surface area (TPSA) is 121 Å². The number of rotatable bonds is 13. The van der Waals surface area contributed by atoms with Crippen LogP contribution in [0, 0.1) is 5.41 Å². The van der Waals surface area contributed by atoms with Gasteiger partial charge in [0.25, 0.3) is 10.0 Å². The van der Waals surface area contributed by atoms with E-state index in [1.165, 1.54) is 30.5 Å². The van der Waals surface area contributed by atoms with Crippen LogP contribution in [-0.4, -0.2) is 74.0 Å². The van der Waals surface area contributed by atoms with Crippen molar-refractivity contribution in [3.05, 3.63) is 66.0 Å². The summed E-state index contributed by atoms with van der Waals surface area (Å²) in [5.41, 5.74) is 0.0919. The number of ether oxygens (including phenoxy) is 1. The number of nitrogens with zero attached hydrogens (tertiary/aromatic N) is 3. The van der Waals surface area contributed by atoms with Crippen LogP contribution in [0.2, 0.25) is 0 Å². The molecule has 0 aliphatic carbocycles. The summed E-state index contributed by atoms with van der Waals surface area (Å²) in [7, 11) is -2.20. The molecule has 1 aromatic heterocycles. The first-order valence-electron chi connectivity index (χ1n) is 14.3. The van der Waals surface area contributed by atoms with Crippen LogP contribution in [0.15, 0.2) is 59.9 Å². The van der Waals surface area contributed by atoms with Crippen molar-refractivity contribution in [2.75, 3.05) is 26.8 Å². The molecule has 242 valence electrons. The molecule has 0 bridgehead atoms. The van der Waals surface area contributed by atoms with Gasteiger partial charge in [0.2, 0.25) is 0 Å². The third kappa shape index (κ3) is 9.68. The maximum atomic E-state index is 13.1. The van der Waals surface area contributed by atoms with Crippen molar-refractivity contribution >= 4 is 27.6 Å². The summed E-state index contributed by atoms with van der Waals surface area (Å²) in [6.07, 6.45) is -1.07. The molecule has 14 heteroatoms. The number of sulfonamides is 1. The molecule has 0 saturated carbocycles. The van der Waals surface area contributed by atoms with E-state index in [1.54, 1.807) is 6.07 Å². The lowest BCUT2D eigenvalue weighted by Gasteiger charge is -2.34. The van der Waals surface area contributed by atoms with E-state index in [0.29, 0.717) is 30.8 Å². The Morgan fingerprint density at radius 3 is 2.34 bits per heavy atom. The molecule has 0 unspecified atom stereocenters. The number of benzene rings is 1. The molecule has 0 spiro atoms. The molecule has 44 heavy (non-hydrogen) atoms. The number of carbonyl (C=O) groups is 2. The largest absolute Gasteiger partial charge is 0.444 e. The van der Waals surface area contributed by atoms with E-state index in [2.05, 4.69) is 15.0 Å². The smallest absolute Gasteiger partial charge is 0.416 e. The molecular formula is C30H40F3N5O5S. The summed E-state index contributed by atoms with van der Waals surface area (Å²) in [6, 6.07) is 8.34. The number of unbranched alkanes of at least 4 members (excludes halogenated alkanes) is 1. The van der Waals surface area contributed by atoms with Gasteiger partial charge in [0.15, 0.2) is 10.8 Å². The molecule has 0 saturated heterocycles. The highest BCUT2D eigenvalue weighted by Gasteiger charge is 2.34. The van der Waals surface area contributed by atoms with Crippen LogP contribution in [0.3, 0.4) is 0 Å². The molecule has 10 nitrogen and oxygen atoms in total. The van der Waals surface area contributed by atoms with Crippen LogP contribution >= 0.6 is 0 Å². The van der Waals surface area contributed by atoms with Crippen molar-refractivity contribution in [3.63, 3.8) is 0 Å². The Kier molecular flexibility index (Phi) is 11.4. The van der Waals surface area contributed by atoms with Crippen molar-refractivity contribution in [2.45, 2.75) is 70.3 Å². The van der Waals surface area contributed by atoms with Crippen LogP contribution in [0.25, 0.3) is 5.70 Å². The molecular weight excluding hydrogens is 599 g/mol. The van der Waals surface area contributed by atoms with Crippen molar-refractivity contribution in [1.29, 1.82) is 0 Å². The third-order valence-electron chi connectivity index (χ3n) is 7.11. The molecule has 1 amide bonds. The predicted octanol–water partition coefficient (Wildman–Crippen LogP) is 4.85. The number of hydrogen-bond donors (Lipinski definition) is 2. The molecule has 1 aliphatic rings. The Morgan fingerprint density at radius 1 is 1.09 bits per heavy atom. The van der Waals surface area contributed by atoms with E-state index in [-0.39, 0.29) is 11.6 Å². The number of nitrogens with one attached hydrogen (secondary N) is 2. The second-order valence-corrected chi connectivity index (χ2v) is 13.5. The van der Waals surface area contributed by atoms with E-state index in [4.69, 9.17) is 4.74 Å². The number of amides is 1. The van der Waals surface area contributed by atoms with Crippen LogP contribution in [0.1, 0.15) is 58.1 Å². The lowest BCUT2D eigenvalue weighted by atomic mass is 9.88. The van der Waals surface area contributed by atoms with Crippen LogP contribution in [-0.2, 0) is 25.7 Å². The minimum Gasteiger partial charge on any atom is -0.444 e. The number of ketones is 1. The van der Waals surface area contributed by atoms with Gasteiger partial charge in [-0.25, -0.2) is 22.9 Å². The maximum Gasteiger partial charge on any atom is 0.416 e. The Labute approximate surface area is 256 Å². The number of carbonyl (C=O) groups excluding carboxylic acids is 2. The van der Waals surface area contributed by atoms with Gasteiger partial charge in [-0.05, 0) is 36.2 Å². The SMILES string of the molecule is CCCC[C@H](NC(=O)O[C@H](CN1C=C(c2ccc(C(F)(F)F)cc2)N(C)C1)C(C)(C)C)C(=O)CNS(=O)(=O)c1ccccn1. The number of aromatic nitrogens is 1. The van der Waals surface area contributed by atoms with E-state index in [1.807, 2.05) is 50.7 Å². The zero-order valence-corrected chi connectivity index (χ0v) is 26.3. The van der Waals surface area contributed by atoms with Crippen molar-refractivity contribution in [2.24, 2.45) is 5.41 Å². The average molecular weight is 640 g/mol. The molecule has 2 atom stereocenters. The quantitative estimate of drug-likeness (QED) is 0.319. The normalized spacial score (nSPS) is 15.5. The predicted molar refractivity (Wildman–Crippen MR) is 159 cm³/mol. The summed E-state index contributed by atoms with van der Waals surface area (Å²) < 4.78 is 72.1. The van der Waals surface area contributed by atoms with E-state index >= 15 is 0 Å². The summed E-state index contributed by atoms with van der Waals surface area (Å²) >= 11 is 0. The fourth-order valence-electron chi connectivity index (χ4n) is 4.49. The van der Waals surface area contributed by atoms with Crippen molar-refractivity contribution < 1.29 is 35.9 Å². The lowest BCUT2D eigenvalue weighted by molar-refractivity contribution is -0.137. The minimum atomic E-state index is -4.42. The second kappa shape index (κ2) is 14.4. The minimum absolute atomic E-state index is 0.221. The maximum absolute atomic E-state index is 13.1. The highest BCUT2D eigenvalue weighted by molar-refractivity contribution is 7.89. The van der Waals surface area contributed by atoms with Gasteiger partial charge in [0.1, 0.15) is 6.10 Å². The van der Waals surface area contributed by atoms with Gasteiger partial charge < -0.3 is 19.9 Å². The average Bonchev–Trinajstić information content (AvgIpc) is 3.33.